The number of morpholine rings is 1. The fourth-order valence-electron chi connectivity index (χ4n) is 4.31. The number of hydrogen-bond acceptors (Lipinski definition) is 8. The van der Waals surface area contributed by atoms with Gasteiger partial charge in [0.15, 0.2) is 5.65 Å². The molecule has 1 amide bonds. The van der Waals surface area contributed by atoms with E-state index in [1.54, 1.807) is 0 Å². The second-order valence-electron chi connectivity index (χ2n) is 8.35. The average molecular weight is 435 g/mol. The molecule has 1 saturated heterocycles. The van der Waals surface area contributed by atoms with Gasteiger partial charge in [0.25, 0.3) is 0 Å². The highest BCUT2D eigenvalue weighted by atomic mass is 16.5. The number of anilines is 4. The van der Waals surface area contributed by atoms with Gasteiger partial charge in [-0.2, -0.15) is 0 Å². The van der Waals surface area contributed by atoms with Crippen molar-refractivity contribution in [3.05, 3.63) is 36.2 Å². The zero-order valence-electron chi connectivity index (χ0n) is 17.8. The standard InChI is InChI=1S/C22H25N7O3/c1-23-17-10-19-25-14-6-13(7-15(8-14)28-2-4-31-5-3-28)11-32-18-9-16(18)26-22(30)29-12-24-20(17)21(29)27-19/h6-8,10,12,16,18H,2-5,9,11H2,1H3,(H,26,30)(H2,23,25,27). The highest BCUT2D eigenvalue weighted by molar-refractivity contribution is 5.94. The molecule has 2 aromatic heterocycles. The second kappa shape index (κ2) is 7.64. The lowest BCUT2D eigenvalue weighted by Gasteiger charge is -2.29. The normalized spacial score (nSPS) is 22.7. The summed E-state index contributed by atoms with van der Waals surface area (Å²) in [4.78, 5) is 24.3. The first-order valence-electron chi connectivity index (χ1n) is 10.9. The second-order valence-corrected chi connectivity index (χ2v) is 8.35. The number of pyridine rings is 1. The Bertz CT molecular complexity index is 1190. The Morgan fingerprint density at radius 2 is 2.06 bits per heavy atom. The fourth-order valence-corrected chi connectivity index (χ4v) is 4.31. The van der Waals surface area contributed by atoms with Crippen LogP contribution in [0.4, 0.5) is 27.7 Å². The first kappa shape index (κ1) is 19.3. The molecule has 4 bridgehead atoms. The van der Waals surface area contributed by atoms with E-state index in [2.05, 4.69) is 44.0 Å². The van der Waals surface area contributed by atoms with Crippen LogP contribution in [-0.2, 0) is 16.1 Å². The van der Waals surface area contributed by atoms with Crippen LogP contribution in [0, 0.1) is 0 Å². The number of imidazole rings is 1. The molecule has 6 rings (SSSR count). The summed E-state index contributed by atoms with van der Waals surface area (Å²) < 4.78 is 13.1. The van der Waals surface area contributed by atoms with Gasteiger partial charge in [0, 0.05) is 37.6 Å². The summed E-state index contributed by atoms with van der Waals surface area (Å²) in [6, 6.07) is 8.03. The van der Waals surface area contributed by atoms with Crippen molar-refractivity contribution in [2.24, 2.45) is 0 Å². The van der Waals surface area contributed by atoms with Crippen molar-refractivity contribution in [1.29, 1.82) is 0 Å². The Labute approximate surface area is 184 Å². The molecular formula is C22H25N7O3. The molecule has 2 unspecified atom stereocenters. The van der Waals surface area contributed by atoms with E-state index in [-0.39, 0.29) is 18.2 Å². The first-order valence-corrected chi connectivity index (χ1v) is 10.9. The van der Waals surface area contributed by atoms with Crippen molar-refractivity contribution < 1.29 is 14.3 Å². The summed E-state index contributed by atoms with van der Waals surface area (Å²) in [5.74, 6) is 0.628. The van der Waals surface area contributed by atoms with Gasteiger partial charge in [-0.1, -0.05) is 0 Å². The molecule has 3 aromatic rings. The van der Waals surface area contributed by atoms with Gasteiger partial charge >= 0.3 is 6.03 Å². The summed E-state index contributed by atoms with van der Waals surface area (Å²) in [5.41, 5.74) is 5.06. The van der Waals surface area contributed by atoms with E-state index in [0.717, 1.165) is 55.3 Å². The number of nitrogens with one attached hydrogen (secondary N) is 3. The number of hydrogen-bond donors (Lipinski definition) is 3. The van der Waals surface area contributed by atoms with Crippen LogP contribution in [0.25, 0.3) is 11.2 Å². The van der Waals surface area contributed by atoms with Gasteiger partial charge in [-0.05, 0) is 30.2 Å². The summed E-state index contributed by atoms with van der Waals surface area (Å²) in [7, 11) is 1.83. The fraction of sp³-hybridized carbons (Fsp3) is 0.409. The zero-order valence-corrected chi connectivity index (χ0v) is 17.8. The molecule has 4 heterocycles. The van der Waals surface area contributed by atoms with Gasteiger partial charge in [0.2, 0.25) is 0 Å². The summed E-state index contributed by atoms with van der Waals surface area (Å²) in [5, 5.41) is 9.62. The van der Waals surface area contributed by atoms with E-state index in [0.29, 0.717) is 23.6 Å². The third-order valence-corrected chi connectivity index (χ3v) is 6.12. The van der Waals surface area contributed by atoms with Gasteiger partial charge in [-0.15, -0.1) is 0 Å². The van der Waals surface area contributed by atoms with E-state index in [1.165, 1.54) is 10.9 Å². The zero-order chi connectivity index (χ0) is 21.7. The molecule has 32 heavy (non-hydrogen) atoms. The quantitative estimate of drug-likeness (QED) is 0.563. The maximum Gasteiger partial charge on any atom is 0.328 e. The Morgan fingerprint density at radius 1 is 1.19 bits per heavy atom. The molecule has 166 valence electrons. The number of carbonyl (C=O) groups excluding carboxylic acids is 1. The minimum atomic E-state index is -0.250. The van der Waals surface area contributed by atoms with Gasteiger partial charge in [0.05, 0.1) is 37.7 Å². The lowest BCUT2D eigenvalue weighted by atomic mass is 10.1. The van der Waals surface area contributed by atoms with E-state index in [1.807, 2.05) is 13.1 Å². The van der Waals surface area contributed by atoms with Crippen LogP contribution in [0.15, 0.2) is 30.6 Å². The number of fused-ring (bicyclic) bond motifs is 4. The first-order chi connectivity index (χ1) is 15.7. The summed E-state index contributed by atoms with van der Waals surface area (Å²) in [6.07, 6.45) is 2.32. The number of ether oxygens (including phenoxy) is 2. The SMILES string of the molecule is CNc1cc2nc3c1ncn3C(=O)NC1CC1OCc1cc(cc(N3CCOCC3)c1)N2. The number of nitrogens with zero attached hydrogens (tertiary/aromatic N) is 4. The molecule has 3 aliphatic rings. The smallest absolute Gasteiger partial charge is 0.328 e. The third-order valence-electron chi connectivity index (χ3n) is 6.12. The molecule has 1 aliphatic carbocycles. The van der Waals surface area contributed by atoms with Crippen LogP contribution in [0.2, 0.25) is 0 Å². The number of benzene rings is 1. The molecule has 10 heteroatoms. The minimum absolute atomic E-state index is 0.00475. The Kier molecular flexibility index (Phi) is 4.62. The largest absolute Gasteiger partial charge is 0.386 e. The van der Waals surface area contributed by atoms with Crippen molar-refractivity contribution in [1.82, 2.24) is 19.9 Å². The third kappa shape index (κ3) is 3.51. The molecule has 2 fully saturated rings. The van der Waals surface area contributed by atoms with Crippen LogP contribution in [-0.4, -0.2) is 66.1 Å². The van der Waals surface area contributed by atoms with Gasteiger partial charge < -0.3 is 30.3 Å². The maximum atomic E-state index is 12.8. The predicted molar refractivity (Wildman–Crippen MR) is 121 cm³/mol. The van der Waals surface area contributed by atoms with Crippen molar-refractivity contribution in [2.75, 3.05) is 48.9 Å². The topological polar surface area (TPSA) is 106 Å². The molecule has 2 aliphatic heterocycles. The Hall–Kier alpha value is -3.37. The van der Waals surface area contributed by atoms with Crippen molar-refractivity contribution in [2.45, 2.75) is 25.2 Å². The van der Waals surface area contributed by atoms with Crippen LogP contribution < -0.4 is 20.9 Å². The average Bonchev–Trinajstić information content (AvgIpc) is 3.41. The van der Waals surface area contributed by atoms with Crippen LogP contribution in [0.3, 0.4) is 0 Å². The maximum absolute atomic E-state index is 12.8. The predicted octanol–water partition coefficient (Wildman–Crippen LogP) is 2.28. The highest BCUT2D eigenvalue weighted by Gasteiger charge is 2.40. The molecular weight excluding hydrogens is 410 g/mol. The van der Waals surface area contributed by atoms with Crippen LogP contribution in [0.5, 0.6) is 0 Å². The number of aromatic nitrogens is 3. The molecule has 0 spiro atoms. The Balaban J connectivity index is 1.45. The van der Waals surface area contributed by atoms with Gasteiger partial charge in [-0.3, -0.25) is 0 Å². The molecule has 2 atom stereocenters. The monoisotopic (exact) mass is 435 g/mol. The van der Waals surface area contributed by atoms with Crippen molar-refractivity contribution in [3.63, 3.8) is 0 Å². The number of rotatable bonds is 2. The van der Waals surface area contributed by atoms with E-state index in [9.17, 15) is 4.79 Å². The van der Waals surface area contributed by atoms with Gasteiger partial charge in [0.1, 0.15) is 17.7 Å². The lowest BCUT2D eigenvalue weighted by molar-refractivity contribution is 0.0997. The number of amides is 1. The molecule has 0 radical (unpaired) electrons. The van der Waals surface area contributed by atoms with E-state index in [4.69, 9.17) is 14.5 Å². The molecule has 10 nitrogen and oxygen atoms in total. The summed E-state index contributed by atoms with van der Waals surface area (Å²) in [6.45, 7) is 3.64. The van der Waals surface area contributed by atoms with Gasteiger partial charge in [-0.25, -0.2) is 19.3 Å². The molecule has 1 aromatic carbocycles. The number of carbonyl (C=O) groups is 1. The van der Waals surface area contributed by atoms with Crippen LogP contribution in [0.1, 0.15) is 12.0 Å². The molecule has 1 saturated carbocycles. The molecule has 3 N–H and O–H groups in total. The van der Waals surface area contributed by atoms with E-state index >= 15 is 0 Å². The van der Waals surface area contributed by atoms with Crippen molar-refractivity contribution >= 4 is 40.1 Å². The van der Waals surface area contributed by atoms with Crippen molar-refractivity contribution in [3.8, 4) is 0 Å². The minimum Gasteiger partial charge on any atom is -0.386 e. The summed E-state index contributed by atoms with van der Waals surface area (Å²) >= 11 is 0. The lowest BCUT2D eigenvalue weighted by Crippen LogP contribution is -2.36. The Morgan fingerprint density at radius 3 is 2.91 bits per heavy atom. The van der Waals surface area contributed by atoms with Crippen LogP contribution >= 0.6 is 0 Å². The van der Waals surface area contributed by atoms with E-state index < -0.39 is 0 Å². The highest BCUT2D eigenvalue weighted by Crippen LogP contribution is 2.32.